The highest BCUT2D eigenvalue weighted by Gasteiger charge is 2.46. The summed E-state index contributed by atoms with van der Waals surface area (Å²) in [5.74, 6) is 0.523. The van der Waals surface area contributed by atoms with E-state index in [1.165, 1.54) is 16.7 Å². The lowest BCUT2D eigenvalue weighted by Crippen LogP contribution is -2.58. The molecule has 144 valence electrons. The molecule has 27 heavy (non-hydrogen) atoms. The van der Waals surface area contributed by atoms with E-state index in [1.54, 1.807) is 6.20 Å². The minimum absolute atomic E-state index is 0.0517. The van der Waals surface area contributed by atoms with E-state index < -0.39 is 9.84 Å². The van der Waals surface area contributed by atoms with E-state index in [1.807, 2.05) is 18.2 Å². The Bertz CT molecular complexity index is 914. The predicted octanol–water partition coefficient (Wildman–Crippen LogP) is 2.18. The van der Waals surface area contributed by atoms with Crippen LogP contribution in [0.2, 0.25) is 0 Å². The Morgan fingerprint density at radius 2 is 1.70 bits per heavy atom. The van der Waals surface area contributed by atoms with Crippen molar-refractivity contribution in [3.63, 3.8) is 0 Å². The zero-order valence-corrected chi connectivity index (χ0v) is 16.8. The number of pyridine rings is 1. The van der Waals surface area contributed by atoms with Gasteiger partial charge in [-0.3, -0.25) is 14.8 Å². The van der Waals surface area contributed by atoms with Crippen molar-refractivity contribution in [3.8, 4) is 0 Å². The fourth-order valence-electron chi connectivity index (χ4n) is 4.38. The molecule has 5 nitrogen and oxygen atoms in total. The van der Waals surface area contributed by atoms with Gasteiger partial charge < -0.3 is 0 Å². The summed E-state index contributed by atoms with van der Waals surface area (Å²) < 4.78 is 24.9. The molecule has 1 aromatic carbocycles. The summed E-state index contributed by atoms with van der Waals surface area (Å²) in [7, 11) is -3.00. The van der Waals surface area contributed by atoms with Gasteiger partial charge in [-0.2, -0.15) is 0 Å². The summed E-state index contributed by atoms with van der Waals surface area (Å²) in [5, 5.41) is 0. The van der Waals surface area contributed by atoms with Crippen LogP contribution < -0.4 is 0 Å². The molecule has 6 heteroatoms. The van der Waals surface area contributed by atoms with Gasteiger partial charge in [-0.1, -0.05) is 29.8 Å². The van der Waals surface area contributed by atoms with Gasteiger partial charge in [0, 0.05) is 44.5 Å². The number of fused-ring (bicyclic) bond motifs is 1. The molecule has 4 rings (SSSR count). The third-order valence-corrected chi connectivity index (χ3v) is 7.57. The molecule has 2 aromatic rings. The number of rotatable bonds is 4. The number of hydrogen-bond donors (Lipinski definition) is 0. The average Bonchev–Trinajstić information content (AvgIpc) is 2.97. The number of hydrogen-bond acceptors (Lipinski definition) is 5. The van der Waals surface area contributed by atoms with Crippen LogP contribution in [0.1, 0.15) is 22.4 Å². The molecule has 2 aliphatic heterocycles. The van der Waals surface area contributed by atoms with Crippen LogP contribution in [-0.4, -0.2) is 59.9 Å². The molecule has 2 atom stereocenters. The lowest BCUT2D eigenvalue weighted by Gasteiger charge is -2.44. The van der Waals surface area contributed by atoms with Crippen molar-refractivity contribution in [1.29, 1.82) is 0 Å². The molecular formula is C21H27N3O2S. The highest BCUT2D eigenvalue weighted by molar-refractivity contribution is 7.91. The third kappa shape index (κ3) is 4.08. The lowest BCUT2D eigenvalue weighted by molar-refractivity contribution is 0.0347. The largest absolute Gasteiger partial charge is 0.292 e. The second-order valence-corrected chi connectivity index (χ2v) is 10.1. The smallest absolute Gasteiger partial charge is 0.153 e. The molecule has 0 spiro atoms. The van der Waals surface area contributed by atoms with Crippen LogP contribution in [0.4, 0.5) is 0 Å². The molecule has 0 aliphatic carbocycles. The van der Waals surface area contributed by atoms with Crippen LogP contribution in [-0.2, 0) is 22.9 Å². The number of aryl methyl sites for hydroxylation is 2. The van der Waals surface area contributed by atoms with Gasteiger partial charge >= 0.3 is 0 Å². The fourth-order valence-corrected chi connectivity index (χ4v) is 6.42. The van der Waals surface area contributed by atoms with Crippen molar-refractivity contribution < 1.29 is 8.42 Å². The summed E-state index contributed by atoms with van der Waals surface area (Å²) in [5.41, 5.74) is 4.83. The molecule has 0 saturated carbocycles. The Hall–Kier alpha value is -1.76. The summed E-state index contributed by atoms with van der Waals surface area (Å²) in [6, 6.07) is 12.5. The Balaban J connectivity index is 1.56. The van der Waals surface area contributed by atoms with E-state index in [2.05, 4.69) is 46.8 Å². The van der Waals surface area contributed by atoms with Crippen LogP contribution in [0.3, 0.4) is 0 Å². The molecule has 0 amide bonds. The monoisotopic (exact) mass is 385 g/mol. The van der Waals surface area contributed by atoms with Crippen LogP contribution in [0.5, 0.6) is 0 Å². The van der Waals surface area contributed by atoms with Gasteiger partial charge in [-0.15, -0.1) is 0 Å². The first-order chi connectivity index (χ1) is 12.9. The van der Waals surface area contributed by atoms with Crippen LogP contribution in [0.25, 0.3) is 0 Å². The van der Waals surface area contributed by atoms with Gasteiger partial charge in [0.1, 0.15) is 0 Å². The summed E-state index contributed by atoms with van der Waals surface area (Å²) in [6.07, 6.45) is 1.80. The van der Waals surface area contributed by atoms with Crippen LogP contribution in [0.15, 0.2) is 42.6 Å². The zero-order chi connectivity index (χ0) is 19.0. The van der Waals surface area contributed by atoms with E-state index in [0.29, 0.717) is 0 Å². The summed E-state index contributed by atoms with van der Waals surface area (Å²) >= 11 is 0. The molecule has 0 N–H and O–H groups in total. The van der Waals surface area contributed by atoms with Crippen molar-refractivity contribution in [2.24, 2.45) is 0 Å². The highest BCUT2D eigenvalue weighted by Crippen LogP contribution is 2.29. The standard InChI is InChI=1S/C21H27N3O2S/c1-16-6-7-17(2)18(11-16)12-23-9-10-24(13-19-5-3-4-8-22-19)21-15-27(25,26)14-20(21)23/h3-8,11,20-21H,9-10,12-15H2,1-2H3/t20-,21+/m0/s1. The molecule has 1 aromatic heterocycles. The van der Waals surface area contributed by atoms with Crippen molar-refractivity contribution in [2.75, 3.05) is 24.6 Å². The normalized spacial score (nSPS) is 25.4. The summed E-state index contributed by atoms with van der Waals surface area (Å²) in [6.45, 7) is 7.54. The van der Waals surface area contributed by atoms with Gasteiger partial charge in [-0.05, 0) is 37.1 Å². The van der Waals surface area contributed by atoms with Crippen molar-refractivity contribution in [3.05, 3.63) is 65.0 Å². The number of nitrogens with zero attached hydrogens (tertiary/aromatic N) is 3. The molecular weight excluding hydrogens is 358 g/mol. The number of piperazine rings is 1. The predicted molar refractivity (Wildman–Crippen MR) is 107 cm³/mol. The van der Waals surface area contributed by atoms with Gasteiger partial charge in [0.25, 0.3) is 0 Å². The van der Waals surface area contributed by atoms with E-state index in [9.17, 15) is 8.42 Å². The third-order valence-electron chi connectivity index (χ3n) is 5.88. The number of aromatic nitrogens is 1. The maximum absolute atomic E-state index is 12.4. The second-order valence-electron chi connectivity index (χ2n) is 7.90. The molecule has 2 saturated heterocycles. The van der Waals surface area contributed by atoms with Gasteiger partial charge in [-0.25, -0.2) is 8.42 Å². The highest BCUT2D eigenvalue weighted by atomic mass is 32.2. The molecule has 0 unspecified atom stereocenters. The number of sulfone groups is 1. The van der Waals surface area contributed by atoms with E-state index >= 15 is 0 Å². The topological polar surface area (TPSA) is 53.5 Å². The van der Waals surface area contributed by atoms with Crippen molar-refractivity contribution >= 4 is 9.84 Å². The Kier molecular flexibility index (Phi) is 5.05. The Morgan fingerprint density at radius 1 is 1.00 bits per heavy atom. The van der Waals surface area contributed by atoms with Gasteiger partial charge in [0.05, 0.1) is 17.2 Å². The maximum atomic E-state index is 12.4. The Morgan fingerprint density at radius 3 is 2.37 bits per heavy atom. The minimum Gasteiger partial charge on any atom is -0.292 e. The first-order valence-corrected chi connectivity index (χ1v) is 11.4. The molecule has 0 radical (unpaired) electrons. The lowest BCUT2D eigenvalue weighted by atomic mass is 10.0. The zero-order valence-electron chi connectivity index (χ0n) is 16.0. The quantitative estimate of drug-likeness (QED) is 0.808. The molecule has 3 heterocycles. The second kappa shape index (κ2) is 7.34. The minimum atomic E-state index is -3.00. The SMILES string of the molecule is Cc1ccc(C)c(CN2CCN(Cc3ccccn3)[C@@H]3CS(=O)(=O)C[C@@H]32)c1. The number of benzene rings is 1. The van der Waals surface area contributed by atoms with E-state index in [-0.39, 0.29) is 23.6 Å². The molecule has 2 fully saturated rings. The molecule has 2 aliphatic rings. The Labute approximate surface area is 161 Å². The first kappa shape index (κ1) is 18.6. The van der Waals surface area contributed by atoms with E-state index in [0.717, 1.165) is 31.9 Å². The van der Waals surface area contributed by atoms with Crippen molar-refractivity contribution in [2.45, 2.75) is 39.0 Å². The van der Waals surface area contributed by atoms with Gasteiger partial charge in [0.15, 0.2) is 9.84 Å². The summed E-state index contributed by atoms with van der Waals surface area (Å²) in [4.78, 5) is 9.12. The molecule has 0 bridgehead atoms. The van der Waals surface area contributed by atoms with Crippen LogP contribution >= 0.6 is 0 Å². The maximum Gasteiger partial charge on any atom is 0.153 e. The van der Waals surface area contributed by atoms with Gasteiger partial charge in [0.2, 0.25) is 0 Å². The fraction of sp³-hybridized carbons (Fsp3) is 0.476. The first-order valence-electron chi connectivity index (χ1n) is 9.56. The van der Waals surface area contributed by atoms with Crippen LogP contribution in [0, 0.1) is 13.8 Å². The van der Waals surface area contributed by atoms with E-state index in [4.69, 9.17) is 0 Å². The van der Waals surface area contributed by atoms with Crippen molar-refractivity contribution in [1.82, 2.24) is 14.8 Å². The average molecular weight is 386 g/mol.